The predicted molar refractivity (Wildman–Crippen MR) is 79.3 cm³/mol. The van der Waals surface area contributed by atoms with Crippen molar-refractivity contribution in [1.82, 2.24) is 5.32 Å². The zero-order valence-corrected chi connectivity index (χ0v) is 13.0. The van der Waals surface area contributed by atoms with E-state index in [0.717, 1.165) is 0 Å². The van der Waals surface area contributed by atoms with Crippen LogP contribution in [-0.2, 0) is 0 Å². The first kappa shape index (κ1) is 15.5. The zero-order chi connectivity index (χ0) is 14.6. The highest BCUT2D eigenvalue weighted by Crippen LogP contribution is 2.30. The molecule has 2 amide bonds. The molecule has 5 nitrogen and oxygen atoms in total. The van der Waals surface area contributed by atoms with Crippen LogP contribution >= 0.6 is 31.9 Å². The number of carbonyl (C=O) groups is 2. The van der Waals surface area contributed by atoms with Crippen molar-refractivity contribution in [2.75, 3.05) is 5.32 Å². The maximum atomic E-state index is 11.7. The van der Waals surface area contributed by atoms with Gasteiger partial charge in [0.15, 0.2) is 0 Å². The quantitative estimate of drug-likeness (QED) is 0.695. The van der Waals surface area contributed by atoms with Crippen LogP contribution < -0.4 is 10.6 Å². The molecule has 1 aromatic rings. The number of halogens is 2. The minimum atomic E-state index is -1.15. The average molecular weight is 390 g/mol. The largest absolute Gasteiger partial charge is 0.478 e. The minimum absolute atomic E-state index is 0.0373. The van der Waals surface area contributed by atoms with Crippen LogP contribution in [-0.4, -0.2) is 23.1 Å². The summed E-state index contributed by atoms with van der Waals surface area (Å²) in [5.41, 5.74) is 0.127. The van der Waals surface area contributed by atoms with Gasteiger partial charge in [-0.1, -0.05) is 21.9 Å². The van der Waals surface area contributed by atoms with Gasteiger partial charge in [0.25, 0.3) is 0 Å². The second-order valence-electron chi connectivity index (χ2n) is 3.60. The van der Waals surface area contributed by atoms with Crippen LogP contribution in [0.1, 0.15) is 17.3 Å². The molecule has 19 heavy (non-hydrogen) atoms. The van der Waals surface area contributed by atoms with Gasteiger partial charge in [0.2, 0.25) is 0 Å². The highest BCUT2D eigenvalue weighted by Gasteiger charge is 2.17. The Hall–Kier alpha value is -1.52. The van der Waals surface area contributed by atoms with Gasteiger partial charge in [-0.15, -0.1) is 6.42 Å². The number of aromatic carboxylic acids is 1. The molecule has 0 aliphatic carbocycles. The summed E-state index contributed by atoms with van der Waals surface area (Å²) in [6.07, 6.45) is 5.14. The number of carboxylic acid groups (broad SMARTS) is 1. The van der Waals surface area contributed by atoms with Crippen LogP contribution in [0.4, 0.5) is 10.5 Å². The van der Waals surface area contributed by atoms with Gasteiger partial charge in [0.05, 0.1) is 17.3 Å². The molecule has 0 radical (unpaired) electrons. The number of terminal acetylenes is 1. The molecule has 1 aromatic carbocycles. The van der Waals surface area contributed by atoms with Crippen LogP contribution in [0.15, 0.2) is 21.1 Å². The molecule has 0 aromatic heterocycles. The Morgan fingerprint density at radius 1 is 1.42 bits per heavy atom. The van der Waals surface area contributed by atoms with Gasteiger partial charge in [0.1, 0.15) is 0 Å². The van der Waals surface area contributed by atoms with E-state index in [4.69, 9.17) is 11.5 Å². The fraction of sp³-hybridized carbons (Fsp3) is 0.167. The summed E-state index contributed by atoms with van der Waals surface area (Å²) in [7, 11) is 0. The Morgan fingerprint density at radius 2 is 2.05 bits per heavy atom. The van der Waals surface area contributed by atoms with Crippen LogP contribution in [0.5, 0.6) is 0 Å². The molecule has 0 saturated carbocycles. The van der Waals surface area contributed by atoms with Gasteiger partial charge < -0.3 is 15.7 Å². The summed E-state index contributed by atoms with van der Waals surface area (Å²) in [5, 5.41) is 14.0. The van der Waals surface area contributed by atoms with E-state index < -0.39 is 18.0 Å². The van der Waals surface area contributed by atoms with E-state index in [-0.39, 0.29) is 11.3 Å². The average Bonchev–Trinajstić information content (AvgIpc) is 2.31. The first-order valence-corrected chi connectivity index (χ1v) is 6.69. The Labute approximate surface area is 127 Å². The Morgan fingerprint density at radius 3 is 2.58 bits per heavy atom. The molecular formula is C12H10Br2N2O3. The van der Waals surface area contributed by atoms with E-state index in [1.165, 1.54) is 6.07 Å². The van der Waals surface area contributed by atoms with Gasteiger partial charge in [-0.3, -0.25) is 0 Å². The maximum Gasteiger partial charge on any atom is 0.337 e. The lowest BCUT2D eigenvalue weighted by Crippen LogP contribution is -2.35. The molecule has 1 rings (SSSR count). The topological polar surface area (TPSA) is 78.4 Å². The number of rotatable bonds is 3. The molecule has 0 aliphatic rings. The summed E-state index contributed by atoms with van der Waals surface area (Å²) in [6.45, 7) is 1.63. The summed E-state index contributed by atoms with van der Waals surface area (Å²) in [6, 6.07) is 2.00. The van der Waals surface area contributed by atoms with Crippen LogP contribution in [0, 0.1) is 12.3 Å². The number of amides is 2. The number of carbonyl (C=O) groups excluding carboxylic acids is 1. The number of benzene rings is 1. The van der Waals surface area contributed by atoms with Crippen molar-refractivity contribution in [1.29, 1.82) is 0 Å². The van der Waals surface area contributed by atoms with Crippen molar-refractivity contribution in [2.24, 2.45) is 0 Å². The predicted octanol–water partition coefficient (Wildman–Crippen LogP) is 3.05. The van der Waals surface area contributed by atoms with Gasteiger partial charge in [-0.05, 0) is 35.0 Å². The molecule has 0 spiro atoms. The fourth-order valence-corrected chi connectivity index (χ4v) is 2.58. The van der Waals surface area contributed by atoms with Gasteiger partial charge in [0, 0.05) is 8.95 Å². The molecule has 0 saturated heterocycles. The molecule has 3 N–H and O–H groups in total. The third-order valence-corrected chi connectivity index (χ3v) is 3.20. The van der Waals surface area contributed by atoms with E-state index in [2.05, 4.69) is 48.4 Å². The highest BCUT2D eigenvalue weighted by molar-refractivity contribution is 9.11. The van der Waals surface area contributed by atoms with Gasteiger partial charge >= 0.3 is 12.0 Å². The lowest BCUT2D eigenvalue weighted by molar-refractivity contribution is 0.0698. The minimum Gasteiger partial charge on any atom is -0.478 e. The standard InChI is InChI=1S/C12H10Br2N2O3/c1-3-6(2)15-12(19)16-10-8(11(17)18)4-7(13)5-9(10)14/h1,4-6H,2H3,(H,17,18)(H2,15,16,19). The van der Waals surface area contributed by atoms with Crippen molar-refractivity contribution >= 4 is 49.5 Å². The van der Waals surface area contributed by atoms with E-state index in [1.54, 1.807) is 13.0 Å². The third kappa shape index (κ3) is 4.26. The second-order valence-corrected chi connectivity index (χ2v) is 5.37. The van der Waals surface area contributed by atoms with Crippen molar-refractivity contribution in [2.45, 2.75) is 13.0 Å². The molecule has 7 heteroatoms. The Balaban J connectivity index is 3.04. The SMILES string of the molecule is C#CC(C)NC(=O)Nc1c(Br)cc(Br)cc1C(=O)O. The zero-order valence-electron chi connectivity index (χ0n) is 9.83. The first-order chi connectivity index (χ1) is 8.85. The normalized spacial score (nSPS) is 11.3. The van der Waals surface area contributed by atoms with E-state index >= 15 is 0 Å². The van der Waals surface area contributed by atoms with E-state index in [0.29, 0.717) is 8.95 Å². The number of carboxylic acids is 1. The van der Waals surface area contributed by atoms with Crippen LogP contribution in [0.3, 0.4) is 0 Å². The lowest BCUT2D eigenvalue weighted by atomic mass is 10.2. The number of hydrogen-bond donors (Lipinski definition) is 3. The number of urea groups is 1. The third-order valence-electron chi connectivity index (χ3n) is 2.12. The van der Waals surface area contributed by atoms with E-state index in [1.807, 2.05) is 0 Å². The molecule has 0 heterocycles. The molecule has 0 fully saturated rings. The highest BCUT2D eigenvalue weighted by atomic mass is 79.9. The molecule has 0 aliphatic heterocycles. The monoisotopic (exact) mass is 388 g/mol. The molecule has 1 unspecified atom stereocenters. The molecular weight excluding hydrogens is 380 g/mol. The van der Waals surface area contributed by atoms with Crippen molar-refractivity contribution in [3.63, 3.8) is 0 Å². The molecule has 100 valence electrons. The summed E-state index contributed by atoms with van der Waals surface area (Å²) in [4.78, 5) is 22.8. The van der Waals surface area contributed by atoms with Crippen molar-refractivity contribution < 1.29 is 14.7 Å². The molecule has 1 atom stereocenters. The number of nitrogens with one attached hydrogen (secondary N) is 2. The molecule has 0 bridgehead atoms. The number of hydrogen-bond acceptors (Lipinski definition) is 2. The van der Waals surface area contributed by atoms with E-state index in [9.17, 15) is 9.59 Å². The Bertz CT molecular complexity index is 567. The summed E-state index contributed by atoms with van der Waals surface area (Å²) in [5.74, 6) is 1.18. The first-order valence-electron chi connectivity index (χ1n) is 5.11. The second kappa shape index (κ2) is 6.59. The number of anilines is 1. The van der Waals surface area contributed by atoms with Crippen molar-refractivity contribution in [3.8, 4) is 12.3 Å². The smallest absolute Gasteiger partial charge is 0.337 e. The summed E-state index contributed by atoms with van der Waals surface area (Å²) >= 11 is 6.39. The van der Waals surface area contributed by atoms with Gasteiger partial charge in [-0.2, -0.15) is 0 Å². The fourth-order valence-electron chi connectivity index (χ4n) is 1.26. The van der Waals surface area contributed by atoms with Crippen LogP contribution in [0.25, 0.3) is 0 Å². The lowest BCUT2D eigenvalue weighted by Gasteiger charge is -2.13. The van der Waals surface area contributed by atoms with Gasteiger partial charge in [-0.25, -0.2) is 9.59 Å². The maximum absolute atomic E-state index is 11.7. The Kier molecular flexibility index (Phi) is 5.39. The summed E-state index contributed by atoms with van der Waals surface area (Å²) < 4.78 is 1.03. The van der Waals surface area contributed by atoms with Crippen LogP contribution in [0.2, 0.25) is 0 Å². The van der Waals surface area contributed by atoms with Crippen molar-refractivity contribution in [3.05, 3.63) is 26.6 Å².